The molecule has 1 aromatic heterocycles. The van der Waals surface area contributed by atoms with Gasteiger partial charge in [-0.1, -0.05) is 6.07 Å². The van der Waals surface area contributed by atoms with E-state index in [1.54, 1.807) is 0 Å². The van der Waals surface area contributed by atoms with Crippen LogP contribution in [0.2, 0.25) is 0 Å². The van der Waals surface area contributed by atoms with Crippen LogP contribution >= 0.6 is 0 Å². The van der Waals surface area contributed by atoms with Crippen LogP contribution in [0, 0.1) is 13.8 Å². The Kier molecular flexibility index (Phi) is 5.24. The lowest BCUT2D eigenvalue weighted by Gasteiger charge is -2.16. The van der Waals surface area contributed by atoms with E-state index in [2.05, 4.69) is 15.6 Å². The van der Waals surface area contributed by atoms with Crippen molar-refractivity contribution in [1.29, 1.82) is 0 Å². The van der Waals surface area contributed by atoms with E-state index in [-0.39, 0.29) is 10.7 Å². The standard InChI is InChI=1S/C18H22N4O3S/c1-13-9-14(2)11-15(10-13)20-18(23)21-17-12-16(5-6-19-17)26(24,25)22-7-3-4-8-22/h5-6,9-12H,3-4,7-8H2,1-2H3,(H2,19,20,21,23). The summed E-state index contributed by atoms with van der Waals surface area (Å²) in [6, 6.07) is 8.08. The van der Waals surface area contributed by atoms with E-state index in [1.807, 2.05) is 32.0 Å². The van der Waals surface area contributed by atoms with E-state index in [0.29, 0.717) is 18.8 Å². The van der Waals surface area contributed by atoms with Crippen LogP contribution in [-0.4, -0.2) is 36.8 Å². The van der Waals surface area contributed by atoms with Crippen molar-refractivity contribution in [2.45, 2.75) is 31.6 Å². The number of anilines is 2. The first-order valence-corrected chi connectivity index (χ1v) is 9.91. The predicted molar refractivity (Wildman–Crippen MR) is 101 cm³/mol. The quantitative estimate of drug-likeness (QED) is 0.860. The average Bonchev–Trinajstić information content (AvgIpc) is 3.09. The van der Waals surface area contributed by atoms with Gasteiger partial charge in [-0.3, -0.25) is 5.32 Å². The third kappa shape index (κ3) is 4.20. The summed E-state index contributed by atoms with van der Waals surface area (Å²) in [5, 5.41) is 5.32. The van der Waals surface area contributed by atoms with Crippen molar-refractivity contribution >= 4 is 27.6 Å². The summed E-state index contributed by atoms with van der Waals surface area (Å²) >= 11 is 0. The van der Waals surface area contributed by atoms with E-state index < -0.39 is 16.1 Å². The van der Waals surface area contributed by atoms with Gasteiger partial charge in [0.15, 0.2) is 0 Å². The minimum absolute atomic E-state index is 0.135. The number of hydrogen-bond acceptors (Lipinski definition) is 4. The Morgan fingerprint density at radius 3 is 2.35 bits per heavy atom. The van der Waals surface area contributed by atoms with Crippen LogP contribution in [0.3, 0.4) is 0 Å². The predicted octanol–water partition coefficient (Wildman–Crippen LogP) is 3.13. The first-order chi connectivity index (χ1) is 12.3. The first-order valence-electron chi connectivity index (χ1n) is 8.47. The summed E-state index contributed by atoms with van der Waals surface area (Å²) in [7, 11) is -3.55. The van der Waals surface area contributed by atoms with Crippen LogP contribution in [0.15, 0.2) is 41.4 Å². The van der Waals surface area contributed by atoms with Crippen LogP contribution < -0.4 is 10.6 Å². The molecule has 138 valence electrons. The summed E-state index contributed by atoms with van der Waals surface area (Å²) in [6.07, 6.45) is 3.12. The van der Waals surface area contributed by atoms with Crippen molar-refractivity contribution in [2.24, 2.45) is 0 Å². The molecule has 1 fully saturated rings. The second-order valence-corrected chi connectivity index (χ2v) is 8.38. The smallest absolute Gasteiger partial charge is 0.308 e. The van der Waals surface area contributed by atoms with Gasteiger partial charge in [-0.25, -0.2) is 18.2 Å². The Balaban J connectivity index is 1.73. The number of benzene rings is 1. The molecule has 1 aliphatic rings. The molecular weight excluding hydrogens is 352 g/mol. The number of urea groups is 1. The van der Waals surface area contributed by atoms with Crippen molar-refractivity contribution < 1.29 is 13.2 Å². The lowest BCUT2D eigenvalue weighted by molar-refractivity contribution is 0.262. The normalized spacial score (nSPS) is 15.0. The molecule has 3 rings (SSSR count). The van der Waals surface area contributed by atoms with Crippen molar-refractivity contribution in [2.75, 3.05) is 23.7 Å². The molecule has 0 atom stereocenters. The summed E-state index contributed by atoms with van der Waals surface area (Å²) in [5.41, 5.74) is 2.75. The zero-order valence-corrected chi connectivity index (χ0v) is 15.6. The molecule has 1 aliphatic heterocycles. The lowest BCUT2D eigenvalue weighted by atomic mass is 10.1. The number of amides is 2. The minimum atomic E-state index is -3.55. The number of nitrogens with zero attached hydrogens (tertiary/aromatic N) is 2. The third-order valence-electron chi connectivity index (χ3n) is 4.16. The van der Waals surface area contributed by atoms with Gasteiger partial charge >= 0.3 is 6.03 Å². The molecular formula is C18H22N4O3S. The van der Waals surface area contributed by atoms with Gasteiger partial charge in [-0.05, 0) is 56.0 Å². The van der Waals surface area contributed by atoms with Crippen LogP contribution in [0.1, 0.15) is 24.0 Å². The molecule has 0 radical (unpaired) electrons. The lowest BCUT2D eigenvalue weighted by Crippen LogP contribution is -2.28. The van der Waals surface area contributed by atoms with Gasteiger partial charge in [0.1, 0.15) is 5.82 Å². The zero-order chi connectivity index (χ0) is 18.7. The van der Waals surface area contributed by atoms with Gasteiger partial charge in [-0.2, -0.15) is 4.31 Å². The molecule has 1 saturated heterocycles. The number of nitrogens with one attached hydrogen (secondary N) is 2. The molecule has 0 saturated carbocycles. The van der Waals surface area contributed by atoms with E-state index in [1.165, 1.54) is 22.6 Å². The Bertz CT molecular complexity index is 902. The van der Waals surface area contributed by atoms with Crippen molar-refractivity contribution in [3.63, 3.8) is 0 Å². The summed E-state index contributed by atoms with van der Waals surface area (Å²) in [4.78, 5) is 16.4. The zero-order valence-electron chi connectivity index (χ0n) is 14.8. The highest BCUT2D eigenvalue weighted by molar-refractivity contribution is 7.89. The maximum atomic E-state index is 12.6. The number of rotatable bonds is 4. The van der Waals surface area contributed by atoms with Gasteiger partial charge < -0.3 is 5.32 Å². The highest BCUT2D eigenvalue weighted by Crippen LogP contribution is 2.22. The molecule has 0 spiro atoms. The van der Waals surface area contributed by atoms with Crippen molar-refractivity contribution in [3.05, 3.63) is 47.7 Å². The third-order valence-corrected chi connectivity index (χ3v) is 6.05. The number of carbonyl (C=O) groups is 1. The number of aromatic nitrogens is 1. The molecule has 2 heterocycles. The minimum Gasteiger partial charge on any atom is -0.308 e. The Hall–Kier alpha value is -2.45. The average molecular weight is 374 g/mol. The topological polar surface area (TPSA) is 91.4 Å². The fourth-order valence-corrected chi connectivity index (χ4v) is 4.57. The monoisotopic (exact) mass is 374 g/mol. The fourth-order valence-electron chi connectivity index (χ4n) is 3.04. The maximum Gasteiger partial charge on any atom is 0.324 e. The number of aryl methyl sites for hydroxylation is 2. The Labute approximate surface area is 153 Å². The van der Waals surface area contributed by atoms with Crippen LogP contribution in [0.25, 0.3) is 0 Å². The van der Waals surface area contributed by atoms with Crippen molar-refractivity contribution in [1.82, 2.24) is 9.29 Å². The number of hydrogen-bond donors (Lipinski definition) is 2. The van der Waals surface area contributed by atoms with Gasteiger partial charge in [0, 0.05) is 31.0 Å². The van der Waals surface area contributed by atoms with Crippen LogP contribution in [0.5, 0.6) is 0 Å². The number of pyridine rings is 1. The Morgan fingerprint density at radius 1 is 1.04 bits per heavy atom. The molecule has 26 heavy (non-hydrogen) atoms. The second kappa shape index (κ2) is 7.43. The first kappa shape index (κ1) is 18.3. The summed E-state index contributed by atoms with van der Waals surface area (Å²) < 4.78 is 26.7. The molecule has 0 unspecified atom stereocenters. The highest BCUT2D eigenvalue weighted by Gasteiger charge is 2.27. The second-order valence-electron chi connectivity index (χ2n) is 6.44. The number of sulfonamides is 1. The molecule has 8 heteroatoms. The van der Waals surface area contributed by atoms with Gasteiger partial charge in [-0.15, -0.1) is 0 Å². The fraction of sp³-hybridized carbons (Fsp3) is 0.333. The van der Waals surface area contributed by atoms with Gasteiger partial charge in [0.05, 0.1) is 4.90 Å². The summed E-state index contributed by atoms with van der Waals surface area (Å²) in [6.45, 7) is 4.95. The molecule has 0 bridgehead atoms. The molecule has 7 nitrogen and oxygen atoms in total. The van der Waals surface area contributed by atoms with E-state index >= 15 is 0 Å². The largest absolute Gasteiger partial charge is 0.324 e. The maximum absolute atomic E-state index is 12.6. The Morgan fingerprint density at radius 2 is 1.69 bits per heavy atom. The van der Waals surface area contributed by atoms with Crippen LogP contribution in [0.4, 0.5) is 16.3 Å². The van der Waals surface area contributed by atoms with Gasteiger partial charge in [0.2, 0.25) is 10.0 Å². The molecule has 0 aliphatic carbocycles. The highest BCUT2D eigenvalue weighted by atomic mass is 32.2. The van der Waals surface area contributed by atoms with Gasteiger partial charge in [0.25, 0.3) is 0 Å². The molecule has 1 aromatic carbocycles. The number of carbonyl (C=O) groups excluding carboxylic acids is 1. The van der Waals surface area contributed by atoms with Crippen LogP contribution in [-0.2, 0) is 10.0 Å². The van der Waals surface area contributed by atoms with Crippen molar-refractivity contribution in [3.8, 4) is 0 Å². The molecule has 2 aromatic rings. The SMILES string of the molecule is Cc1cc(C)cc(NC(=O)Nc2cc(S(=O)(=O)N3CCCC3)ccn2)c1. The van der Waals surface area contributed by atoms with E-state index in [4.69, 9.17) is 0 Å². The van der Waals surface area contributed by atoms with E-state index in [0.717, 1.165) is 24.0 Å². The molecule has 2 N–H and O–H groups in total. The van der Waals surface area contributed by atoms with E-state index in [9.17, 15) is 13.2 Å². The summed E-state index contributed by atoms with van der Waals surface area (Å²) in [5.74, 6) is 0.187. The molecule has 2 amide bonds.